The largest absolute Gasteiger partial charge is 0.495 e. The van der Waals surface area contributed by atoms with Gasteiger partial charge in [-0.25, -0.2) is 8.42 Å². The molecule has 0 heterocycles. The first-order valence-electron chi connectivity index (χ1n) is 11.0. The van der Waals surface area contributed by atoms with Crippen molar-refractivity contribution in [3.8, 4) is 5.75 Å². The van der Waals surface area contributed by atoms with E-state index in [9.17, 15) is 13.2 Å². The predicted molar refractivity (Wildman–Crippen MR) is 136 cm³/mol. The van der Waals surface area contributed by atoms with Crippen LogP contribution in [0, 0.1) is 6.92 Å². The van der Waals surface area contributed by atoms with Crippen LogP contribution in [0.25, 0.3) is 0 Å². The summed E-state index contributed by atoms with van der Waals surface area (Å²) < 4.78 is 33.3. The average molecular weight is 501 g/mol. The Labute approximate surface area is 206 Å². The lowest BCUT2D eigenvalue weighted by molar-refractivity contribution is -0.120. The fraction of sp³-hybridized carbons (Fsp3) is 0.269. The second-order valence-electron chi connectivity index (χ2n) is 8.03. The Hall–Kier alpha value is -3.03. The first kappa shape index (κ1) is 25.6. The third-order valence-electron chi connectivity index (χ3n) is 5.59. The van der Waals surface area contributed by atoms with Gasteiger partial charge in [0.1, 0.15) is 12.3 Å². The number of hydrogen-bond donors (Lipinski definition) is 1. The molecule has 34 heavy (non-hydrogen) atoms. The van der Waals surface area contributed by atoms with E-state index in [0.29, 0.717) is 5.75 Å². The van der Waals surface area contributed by atoms with Crippen LogP contribution < -0.4 is 14.4 Å². The number of benzene rings is 3. The molecule has 0 radical (unpaired) electrons. The maximum atomic E-state index is 13.5. The Morgan fingerprint density at radius 3 is 2.26 bits per heavy atom. The molecular formula is C26H29ClN2O4S. The van der Waals surface area contributed by atoms with Crippen LogP contribution in [0.15, 0.2) is 71.6 Å². The van der Waals surface area contributed by atoms with Crippen LogP contribution in [-0.2, 0) is 21.2 Å². The van der Waals surface area contributed by atoms with Crippen molar-refractivity contribution in [2.45, 2.75) is 38.1 Å². The molecule has 8 heteroatoms. The zero-order valence-electron chi connectivity index (χ0n) is 19.7. The number of carbonyl (C=O) groups is 1. The molecular weight excluding hydrogens is 472 g/mol. The number of anilines is 1. The number of amides is 1. The van der Waals surface area contributed by atoms with Crippen LogP contribution >= 0.6 is 11.6 Å². The Bertz CT molecular complexity index is 1240. The van der Waals surface area contributed by atoms with Crippen LogP contribution in [0.1, 0.15) is 36.6 Å². The molecule has 0 bridgehead atoms. The summed E-state index contributed by atoms with van der Waals surface area (Å²) in [6.45, 7) is 5.41. The highest BCUT2D eigenvalue weighted by Gasteiger charge is 2.28. The maximum Gasteiger partial charge on any atom is 0.264 e. The molecule has 1 amide bonds. The third-order valence-corrected chi connectivity index (χ3v) is 7.67. The van der Waals surface area contributed by atoms with Gasteiger partial charge in [-0.3, -0.25) is 9.10 Å². The smallest absolute Gasteiger partial charge is 0.264 e. The number of ether oxygens (including phenoxy) is 1. The lowest BCUT2D eigenvalue weighted by Gasteiger charge is -2.25. The zero-order valence-corrected chi connectivity index (χ0v) is 21.3. The van der Waals surface area contributed by atoms with E-state index >= 15 is 0 Å². The quantitative estimate of drug-likeness (QED) is 0.433. The van der Waals surface area contributed by atoms with Gasteiger partial charge in [-0.2, -0.15) is 0 Å². The fourth-order valence-electron chi connectivity index (χ4n) is 3.51. The Kier molecular flexibility index (Phi) is 8.23. The Morgan fingerprint density at radius 2 is 1.71 bits per heavy atom. The molecule has 1 atom stereocenters. The lowest BCUT2D eigenvalue weighted by atomic mass is 10.1. The first-order valence-corrected chi connectivity index (χ1v) is 12.8. The first-order chi connectivity index (χ1) is 16.1. The van der Waals surface area contributed by atoms with Gasteiger partial charge >= 0.3 is 0 Å². The minimum Gasteiger partial charge on any atom is -0.495 e. The average Bonchev–Trinajstić information content (AvgIpc) is 2.82. The third kappa shape index (κ3) is 5.90. The van der Waals surface area contributed by atoms with E-state index in [1.807, 2.05) is 38.1 Å². The van der Waals surface area contributed by atoms with Crippen molar-refractivity contribution in [2.75, 3.05) is 18.0 Å². The maximum absolute atomic E-state index is 13.5. The van der Waals surface area contributed by atoms with Crippen LogP contribution in [0.2, 0.25) is 5.02 Å². The van der Waals surface area contributed by atoms with Crippen molar-refractivity contribution in [3.05, 3.63) is 88.4 Å². The molecule has 6 nitrogen and oxygen atoms in total. The van der Waals surface area contributed by atoms with E-state index in [4.69, 9.17) is 16.3 Å². The van der Waals surface area contributed by atoms with Gasteiger partial charge in [0.25, 0.3) is 10.0 Å². The molecule has 0 aromatic heterocycles. The molecule has 3 aromatic rings. The summed E-state index contributed by atoms with van der Waals surface area (Å²) in [5.74, 6) is -0.0265. The molecule has 3 aromatic carbocycles. The Morgan fingerprint density at radius 1 is 1.06 bits per heavy atom. The molecule has 1 unspecified atom stereocenters. The number of hydrogen-bond acceptors (Lipinski definition) is 4. The highest BCUT2D eigenvalue weighted by Crippen LogP contribution is 2.32. The minimum atomic E-state index is -4.04. The number of methoxy groups -OCH3 is 1. The van der Waals surface area contributed by atoms with E-state index < -0.39 is 22.5 Å². The number of nitrogens with zero attached hydrogens (tertiary/aromatic N) is 1. The second kappa shape index (κ2) is 10.9. The topological polar surface area (TPSA) is 75.7 Å². The summed E-state index contributed by atoms with van der Waals surface area (Å²) in [6, 6.07) is 18.8. The van der Waals surface area contributed by atoms with Gasteiger partial charge in [-0.1, -0.05) is 60.5 Å². The van der Waals surface area contributed by atoms with E-state index in [2.05, 4.69) is 12.2 Å². The second-order valence-corrected chi connectivity index (χ2v) is 10.3. The summed E-state index contributed by atoms with van der Waals surface area (Å²) in [4.78, 5) is 13.1. The zero-order chi connectivity index (χ0) is 24.9. The standard InChI is InChI=1S/C26H29ClN2O4S/c1-5-20-8-10-21(11-9-20)19(3)28-26(30)17-29(22-12-15-25(33-4)24(27)16-22)34(31,32)23-13-6-18(2)7-14-23/h6-16,19H,5,17H2,1-4H3,(H,28,30). The van der Waals surface area contributed by atoms with E-state index in [1.54, 1.807) is 24.3 Å². The van der Waals surface area contributed by atoms with E-state index in [0.717, 1.165) is 21.9 Å². The van der Waals surface area contributed by atoms with Gasteiger partial charge < -0.3 is 10.1 Å². The van der Waals surface area contributed by atoms with Crippen molar-refractivity contribution in [3.63, 3.8) is 0 Å². The van der Waals surface area contributed by atoms with Crippen molar-refractivity contribution in [1.82, 2.24) is 5.32 Å². The number of halogens is 1. The predicted octanol–water partition coefficient (Wildman–Crippen LogP) is 5.29. The van der Waals surface area contributed by atoms with Crippen molar-refractivity contribution in [2.24, 2.45) is 0 Å². The fourth-order valence-corrected chi connectivity index (χ4v) is 5.17. The highest BCUT2D eigenvalue weighted by atomic mass is 35.5. The SMILES string of the molecule is CCc1ccc(C(C)NC(=O)CN(c2ccc(OC)c(Cl)c2)S(=O)(=O)c2ccc(C)cc2)cc1. The summed E-state index contributed by atoms with van der Waals surface area (Å²) >= 11 is 6.27. The van der Waals surface area contributed by atoms with Crippen LogP contribution in [-0.4, -0.2) is 28.0 Å². The van der Waals surface area contributed by atoms with Crippen molar-refractivity contribution < 1.29 is 17.9 Å². The summed E-state index contributed by atoms with van der Waals surface area (Å²) in [5, 5.41) is 3.15. The molecule has 0 saturated carbocycles. The number of rotatable bonds is 9. The van der Waals surface area contributed by atoms with Crippen molar-refractivity contribution in [1.29, 1.82) is 0 Å². The van der Waals surface area contributed by atoms with Gasteiger partial charge in [-0.15, -0.1) is 0 Å². The summed E-state index contributed by atoms with van der Waals surface area (Å²) in [6.07, 6.45) is 0.928. The highest BCUT2D eigenvalue weighted by molar-refractivity contribution is 7.92. The van der Waals surface area contributed by atoms with Crippen molar-refractivity contribution >= 4 is 33.2 Å². The van der Waals surface area contributed by atoms with Crippen LogP contribution in [0.5, 0.6) is 5.75 Å². The number of sulfonamides is 1. The number of aryl methyl sites for hydroxylation is 2. The van der Waals surface area contributed by atoms with Gasteiger partial charge in [0, 0.05) is 0 Å². The van der Waals surface area contributed by atoms with E-state index in [-0.39, 0.29) is 21.6 Å². The molecule has 0 aliphatic rings. The van der Waals surface area contributed by atoms with Gasteiger partial charge in [-0.05, 0) is 61.7 Å². The molecule has 3 rings (SSSR count). The monoisotopic (exact) mass is 500 g/mol. The summed E-state index contributed by atoms with van der Waals surface area (Å²) in [5.41, 5.74) is 3.33. The van der Waals surface area contributed by atoms with Gasteiger partial charge in [0.2, 0.25) is 5.91 Å². The van der Waals surface area contributed by atoms with E-state index in [1.165, 1.54) is 30.9 Å². The van der Waals surface area contributed by atoms with Crippen LogP contribution in [0.3, 0.4) is 0 Å². The number of carbonyl (C=O) groups excluding carboxylic acids is 1. The molecule has 0 aliphatic heterocycles. The molecule has 0 aliphatic carbocycles. The molecule has 180 valence electrons. The lowest BCUT2D eigenvalue weighted by Crippen LogP contribution is -2.41. The normalized spacial score (nSPS) is 12.1. The summed E-state index contributed by atoms with van der Waals surface area (Å²) in [7, 11) is -2.56. The molecule has 0 spiro atoms. The molecule has 0 fully saturated rings. The Balaban J connectivity index is 1.90. The minimum absolute atomic E-state index is 0.0843. The number of nitrogens with one attached hydrogen (secondary N) is 1. The van der Waals surface area contributed by atoms with Crippen LogP contribution in [0.4, 0.5) is 5.69 Å². The molecule has 1 N–H and O–H groups in total. The van der Waals surface area contributed by atoms with Gasteiger partial charge in [0.05, 0.1) is 28.8 Å². The molecule has 0 saturated heterocycles. The van der Waals surface area contributed by atoms with Gasteiger partial charge in [0.15, 0.2) is 0 Å².